The van der Waals surface area contributed by atoms with Gasteiger partial charge in [-0.25, -0.2) is 0 Å². The first-order valence-electron chi connectivity index (χ1n) is 3.23. The Morgan fingerprint density at radius 2 is 2.55 bits per heavy atom. The van der Waals surface area contributed by atoms with Gasteiger partial charge < -0.3 is 5.11 Å². The number of thiophene rings is 1. The van der Waals surface area contributed by atoms with Crippen LogP contribution in [0.4, 0.5) is 0 Å². The van der Waals surface area contributed by atoms with E-state index in [0.29, 0.717) is 11.6 Å². The van der Waals surface area contributed by atoms with Crippen LogP contribution in [0.15, 0.2) is 21.7 Å². The Morgan fingerprint density at radius 3 is 3.09 bits per heavy atom. The van der Waals surface area contributed by atoms with E-state index in [-0.39, 0.29) is 6.10 Å². The van der Waals surface area contributed by atoms with Crippen LogP contribution in [0.5, 0.6) is 0 Å². The van der Waals surface area contributed by atoms with Crippen LogP contribution in [0, 0.1) is 0 Å². The molecule has 0 saturated carbocycles. The zero-order valence-corrected chi connectivity index (χ0v) is 8.25. The van der Waals surface area contributed by atoms with Crippen LogP contribution in [-0.2, 0) is 0 Å². The zero-order valence-electron chi connectivity index (χ0n) is 5.87. The molecule has 4 heteroatoms. The summed E-state index contributed by atoms with van der Waals surface area (Å²) in [5.41, 5.74) is 0. The molecule has 0 aromatic carbocycles. The highest BCUT2D eigenvalue weighted by molar-refractivity contribution is 8.01. The maximum atomic E-state index is 9.11. The molecule has 1 rings (SSSR count). The Labute approximate surface area is 79.4 Å². The minimum absolute atomic E-state index is 0.318. The van der Waals surface area contributed by atoms with Crippen molar-refractivity contribution in [2.24, 2.45) is 0 Å². The minimum atomic E-state index is -0.385. The van der Waals surface area contributed by atoms with Crippen LogP contribution in [0.1, 0.15) is 0 Å². The van der Waals surface area contributed by atoms with Gasteiger partial charge in [0.2, 0.25) is 0 Å². The molecule has 62 valence electrons. The molecule has 0 saturated heterocycles. The monoisotopic (exact) mass is 208 g/mol. The van der Waals surface area contributed by atoms with Gasteiger partial charge in [-0.3, -0.25) is 0 Å². The lowest BCUT2D eigenvalue weighted by atomic mass is 10.5. The molecule has 1 nitrogen and oxygen atoms in total. The van der Waals surface area contributed by atoms with Crippen LogP contribution in [0.3, 0.4) is 0 Å². The molecule has 0 spiro atoms. The van der Waals surface area contributed by atoms with Crippen LogP contribution < -0.4 is 0 Å². The lowest BCUT2D eigenvalue weighted by molar-refractivity contribution is 0.224. The number of hydrogen-bond acceptors (Lipinski definition) is 3. The fourth-order valence-corrected chi connectivity index (χ4v) is 2.55. The van der Waals surface area contributed by atoms with E-state index < -0.39 is 0 Å². The maximum absolute atomic E-state index is 9.11. The second-order valence-electron chi connectivity index (χ2n) is 2.05. The molecule has 0 aliphatic heterocycles. The van der Waals surface area contributed by atoms with Crippen LogP contribution in [0.2, 0.25) is 0 Å². The van der Waals surface area contributed by atoms with Crippen LogP contribution in [0.25, 0.3) is 0 Å². The average Bonchev–Trinajstić information content (AvgIpc) is 2.52. The van der Waals surface area contributed by atoms with Gasteiger partial charge in [0.1, 0.15) is 0 Å². The quantitative estimate of drug-likeness (QED) is 0.606. The van der Waals surface area contributed by atoms with Crippen LogP contribution >= 0.6 is 34.7 Å². The Hall–Kier alpha value is 0.300. The van der Waals surface area contributed by atoms with E-state index >= 15 is 0 Å². The molecule has 1 heterocycles. The third kappa shape index (κ3) is 3.47. The molecule has 1 N–H and O–H groups in total. The summed E-state index contributed by atoms with van der Waals surface area (Å²) in [6, 6.07) is 4.04. The van der Waals surface area contributed by atoms with E-state index in [1.54, 1.807) is 23.1 Å². The Bertz CT molecular complexity index is 188. The summed E-state index contributed by atoms with van der Waals surface area (Å²) >= 11 is 8.76. The number of rotatable bonds is 4. The van der Waals surface area contributed by atoms with Crippen LogP contribution in [-0.4, -0.2) is 22.8 Å². The van der Waals surface area contributed by atoms with Crippen molar-refractivity contribution in [1.82, 2.24) is 0 Å². The summed E-state index contributed by atoms with van der Waals surface area (Å²) in [5, 5.41) is 11.1. The van der Waals surface area contributed by atoms with Crippen molar-refractivity contribution >= 4 is 34.7 Å². The Morgan fingerprint density at radius 1 is 1.73 bits per heavy atom. The Balaban J connectivity index is 2.23. The van der Waals surface area contributed by atoms with Gasteiger partial charge in [0.25, 0.3) is 0 Å². The van der Waals surface area contributed by atoms with Gasteiger partial charge in [-0.2, -0.15) is 0 Å². The number of halogens is 1. The van der Waals surface area contributed by atoms with Crippen molar-refractivity contribution in [1.29, 1.82) is 0 Å². The van der Waals surface area contributed by atoms with Gasteiger partial charge in [-0.1, -0.05) is 6.07 Å². The number of aliphatic hydroxyl groups excluding tert-OH is 1. The molecular formula is C7H9ClOS2. The first kappa shape index (κ1) is 9.39. The molecule has 0 bridgehead atoms. The predicted molar refractivity (Wildman–Crippen MR) is 51.8 cm³/mol. The maximum Gasteiger partial charge on any atom is 0.0769 e. The lowest BCUT2D eigenvalue weighted by Gasteiger charge is -2.03. The average molecular weight is 209 g/mol. The second kappa shape index (κ2) is 5.04. The molecule has 11 heavy (non-hydrogen) atoms. The summed E-state index contributed by atoms with van der Waals surface area (Å²) in [6.45, 7) is 0. The molecule has 1 unspecified atom stereocenters. The summed E-state index contributed by atoms with van der Waals surface area (Å²) in [6.07, 6.45) is -0.385. The zero-order chi connectivity index (χ0) is 8.10. The van der Waals surface area contributed by atoms with Gasteiger partial charge >= 0.3 is 0 Å². The fraction of sp³-hybridized carbons (Fsp3) is 0.429. The molecule has 1 aromatic rings. The summed E-state index contributed by atoms with van der Waals surface area (Å²) in [4.78, 5) is 0. The lowest BCUT2D eigenvalue weighted by Crippen LogP contribution is -2.10. The van der Waals surface area contributed by atoms with E-state index in [4.69, 9.17) is 16.7 Å². The molecule has 0 amide bonds. The number of alkyl halides is 1. The molecule has 0 aliphatic rings. The molecular weight excluding hydrogens is 200 g/mol. The van der Waals surface area contributed by atoms with E-state index in [0.717, 1.165) is 0 Å². The molecule has 0 radical (unpaired) electrons. The second-order valence-corrected chi connectivity index (χ2v) is 4.63. The normalized spacial score (nSPS) is 13.3. The van der Waals surface area contributed by atoms with Crippen molar-refractivity contribution < 1.29 is 5.11 Å². The van der Waals surface area contributed by atoms with E-state index in [1.165, 1.54) is 4.21 Å². The SMILES string of the molecule is OC(CCl)CSc1cccs1. The fourth-order valence-electron chi connectivity index (χ4n) is 0.568. The van der Waals surface area contributed by atoms with Crippen molar-refractivity contribution in [3.05, 3.63) is 17.5 Å². The Kier molecular flexibility index (Phi) is 4.30. The van der Waals surface area contributed by atoms with E-state index in [1.807, 2.05) is 17.5 Å². The summed E-state index contributed by atoms with van der Waals surface area (Å²) < 4.78 is 1.23. The van der Waals surface area contributed by atoms with Gasteiger partial charge in [0.15, 0.2) is 0 Å². The first-order chi connectivity index (χ1) is 5.33. The van der Waals surface area contributed by atoms with Crippen molar-refractivity contribution in [3.8, 4) is 0 Å². The summed E-state index contributed by atoms with van der Waals surface area (Å²) in [5.74, 6) is 1.00. The minimum Gasteiger partial charge on any atom is -0.391 e. The molecule has 1 atom stereocenters. The van der Waals surface area contributed by atoms with Crippen molar-refractivity contribution in [2.45, 2.75) is 10.3 Å². The first-order valence-corrected chi connectivity index (χ1v) is 5.63. The van der Waals surface area contributed by atoms with Gasteiger partial charge in [0.05, 0.1) is 10.3 Å². The highest BCUT2D eigenvalue weighted by atomic mass is 35.5. The van der Waals surface area contributed by atoms with E-state index in [2.05, 4.69) is 0 Å². The predicted octanol–water partition coefficient (Wildman–Crippen LogP) is 2.44. The highest BCUT2D eigenvalue weighted by Crippen LogP contribution is 2.23. The summed E-state index contributed by atoms with van der Waals surface area (Å²) in [7, 11) is 0. The third-order valence-corrected chi connectivity index (χ3v) is 3.72. The largest absolute Gasteiger partial charge is 0.391 e. The molecule has 0 aliphatic carbocycles. The standard InChI is InChI=1S/C7H9ClOS2/c8-4-6(9)5-11-7-2-1-3-10-7/h1-3,6,9H,4-5H2. The number of thioether (sulfide) groups is 1. The number of hydrogen-bond donors (Lipinski definition) is 1. The molecule has 0 fully saturated rings. The highest BCUT2D eigenvalue weighted by Gasteiger charge is 2.02. The third-order valence-electron chi connectivity index (χ3n) is 1.09. The van der Waals surface area contributed by atoms with Gasteiger partial charge in [0, 0.05) is 11.6 Å². The molecule has 1 aromatic heterocycles. The smallest absolute Gasteiger partial charge is 0.0769 e. The topological polar surface area (TPSA) is 20.2 Å². The van der Waals surface area contributed by atoms with Gasteiger partial charge in [-0.15, -0.1) is 34.7 Å². The van der Waals surface area contributed by atoms with Crippen molar-refractivity contribution in [3.63, 3.8) is 0 Å². The number of aliphatic hydroxyl groups is 1. The van der Waals surface area contributed by atoms with Gasteiger partial charge in [-0.05, 0) is 11.4 Å². The van der Waals surface area contributed by atoms with Crippen molar-refractivity contribution in [2.75, 3.05) is 11.6 Å². The van der Waals surface area contributed by atoms with E-state index in [9.17, 15) is 0 Å².